The summed E-state index contributed by atoms with van der Waals surface area (Å²) >= 11 is 2.34. The topological polar surface area (TPSA) is 115 Å². The molecule has 0 fully saturated rings. The first-order valence-corrected chi connectivity index (χ1v) is 10.7. The molecule has 0 aromatic heterocycles. The first kappa shape index (κ1) is 22.0. The molecule has 0 aliphatic carbocycles. The van der Waals surface area contributed by atoms with Crippen molar-refractivity contribution in [3.05, 3.63) is 45.0 Å². The second-order valence-electron chi connectivity index (χ2n) is 6.16. The summed E-state index contributed by atoms with van der Waals surface area (Å²) in [6.45, 7) is 5.63. The van der Waals surface area contributed by atoms with Crippen LogP contribution in [0.15, 0.2) is 40.0 Å². The van der Waals surface area contributed by atoms with Crippen LogP contribution in [-0.2, 0) is 19.1 Å². The van der Waals surface area contributed by atoms with Crippen molar-refractivity contribution >= 4 is 51.9 Å². The fourth-order valence-corrected chi connectivity index (χ4v) is 5.73. The van der Waals surface area contributed by atoms with Crippen molar-refractivity contribution in [1.29, 1.82) is 0 Å². The third-order valence-corrected chi connectivity index (χ3v) is 7.43. The van der Waals surface area contributed by atoms with Gasteiger partial charge in [-0.1, -0.05) is 11.8 Å². The van der Waals surface area contributed by atoms with Gasteiger partial charge in [-0.3, -0.25) is 10.1 Å². The van der Waals surface area contributed by atoms with E-state index in [1.807, 2.05) is 4.90 Å². The van der Waals surface area contributed by atoms with E-state index >= 15 is 0 Å². The number of benzene rings is 1. The van der Waals surface area contributed by atoms with Crippen LogP contribution in [0.3, 0.4) is 0 Å². The minimum Gasteiger partial charge on any atom is -0.462 e. The van der Waals surface area contributed by atoms with Gasteiger partial charge in [0, 0.05) is 24.9 Å². The quantitative estimate of drug-likeness (QED) is 0.362. The number of allylic oxidation sites excluding steroid dienone is 1. The van der Waals surface area contributed by atoms with E-state index in [-0.39, 0.29) is 23.9 Å². The third-order valence-electron chi connectivity index (χ3n) is 4.39. The lowest BCUT2D eigenvalue weighted by Crippen LogP contribution is -2.47. The van der Waals surface area contributed by atoms with Crippen LogP contribution in [0.4, 0.5) is 11.4 Å². The lowest BCUT2D eigenvalue weighted by molar-refractivity contribution is -0.384. The van der Waals surface area contributed by atoms with Crippen molar-refractivity contribution in [3.63, 3.8) is 0 Å². The minimum atomic E-state index is -1.02. The molecular formula is C18H20N4O6S2. The Morgan fingerprint density at radius 2 is 1.73 bits per heavy atom. The van der Waals surface area contributed by atoms with E-state index in [9.17, 15) is 19.7 Å². The van der Waals surface area contributed by atoms with Gasteiger partial charge >= 0.3 is 11.9 Å². The SMILES string of the molecule is CCOC(=O)C1=NN(c2ccc([N+](=O)[O-])cc2)[C@]2(S1)SC(C(=O)OCC)=C(C)N2C. The summed E-state index contributed by atoms with van der Waals surface area (Å²) in [6, 6.07) is 5.81. The van der Waals surface area contributed by atoms with Gasteiger partial charge < -0.3 is 14.4 Å². The van der Waals surface area contributed by atoms with Gasteiger partial charge in [0.25, 0.3) is 5.69 Å². The molecule has 0 N–H and O–H groups in total. The number of nitro benzene ring substituents is 1. The fourth-order valence-electron chi connectivity index (χ4n) is 2.86. The predicted molar refractivity (Wildman–Crippen MR) is 115 cm³/mol. The molecule has 0 amide bonds. The van der Waals surface area contributed by atoms with Gasteiger partial charge in [-0.25, -0.2) is 14.6 Å². The number of carbonyl (C=O) groups is 2. The zero-order chi connectivity index (χ0) is 22.1. The monoisotopic (exact) mass is 452 g/mol. The van der Waals surface area contributed by atoms with Crippen LogP contribution in [0.5, 0.6) is 0 Å². The second-order valence-corrected chi connectivity index (χ2v) is 8.76. The van der Waals surface area contributed by atoms with Crippen molar-refractivity contribution in [2.45, 2.75) is 25.1 Å². The highest BCUT2D eigenvalue weighted by Gasteiger charge is 2.56. The van der Waals surface area contributed by atoms with Crippen LogP contribution in [0.2, 0.25) is 0 Å². The molecular weight excluding hydrogens is 432 g/mol. The number of rotatable bonds is 6. The largest absolute Gasteiger partial charge is 0.462 e. The molecule has 2 aliphatic heterocycles. The van der Waals surface area contributed by atoms with Crippen LogP contribution < -0.4 is 5.01 Å². The van der Waals surface area contributed by atoms with Crippen molar-refractivity contribution in [3.8, 4) is 0 Å². The van der Waals surface area contributed by atoms with Gasteiger partial charge in [0.2, 0.25) is 9.37 Å². The second kappa shape index (κ2) is 8.56. The lowest BCUT2D eigenvalue weighted by atomic mass is 10.3. The zero-order valence-corrected chi connectivity index (χ0v) is 18.4. The molecule has 12 heteroatoms. The summed E-state index contributed by atoms with van der Waals surface area (Å²) in [5.41, 5.74) is 1.12. The Kier molecular flexibility index (Phi) is 6.27. The number of hydrogen-bond donors (Lipinski definition) is 0. The third kappa shape index (κ3) is 3.72. The minimum absolute atomic E-state index is 0.0665. The Morgan fingerprint density at radius 1 is 1.13 bits per heavy atom. The molecule has 10 nitrogen and oxygen atoms in total. The maximum absolute atomic E-state index is 12.5. The average Bonchev–Trinajstić information content (AvgIpc) is 3.23. The van der Waals surface area contributed by atoms with E-state index in [1.54, 1.807) is 45.0 Å². The Hall–Kier alpha value is -2.73. The van der Waals surface area contributed by atoms with Crippen LogP contribution >= 0.6 is 23.5 Å². The average molecular weight is 453 g/mol. The van der Waals surface area contributed by atoms with Crippen LogP contribution in [0.1, 0.15) is 20.8 Å². The van der Waals surface area contributed by atoms with E-state index in [0.29, 0.717) is 16.3 Å². The summed E-state index contributed by atoms with van der Waals surface area (Å²) in [7, 11) is 1.78. The molecule has 0 radical (unpaired) electrons. The Balaban J connectivity index is 2.03. The van der Waals surface area contributed by atoms with E-state index in [2.05, 4.69) is 5.10 Å². The number of carbonyl (C=O) groups excluding carboxylic acids is 2. The van der Waals surface area contributed by atoms with E-state index in [0.717, 1.165) is 11.8 Å². The van der Waals surface area contributed by atoms with Gasteiger partial charge in [-0.2, -0.15) is 5.10 Å². The predicted octanol–water partition coefficient (Wildman–Crippen LogP) is 3.11. The first-order chi connectivity index (χ1) is 14.2. The maximum Gasteiger partial charge on any atom is 0.365 e. The molecule has 0 saturated carbocycles. The number of hydrazone groups is 1. The van der Waals surface area contributed by atoms with Gasteiger partial charge in [-0.15, -0.1) is 0 Å². The van der Waals surface area contributed by atoms with Crippen LogP contribution in [0, 0.1) is 10.1 Å². The molecule has 3 rings (SSSR count). The number of non-ortho nitro benzene ring substituents is 1. The molecule has 2 aliphatic rings. The first-order valence-electron chi connectivity index (χ1n) is 9.05. The number of esters is 2. The fraction of sp³-hybridized carbons (Fsp3) is 0.389. The molecule has 1 aromatic carbocycles. The van der Waals surface area contributed by atoms with Gasteiger partial charge in [0.05, 0.1) is 23.8 Å². The summed E-state index contributed by atoms with van der Waals surface area (Å²) in [4.78, 5) is 37.6. The number of nitrogens with zero attached hydrogens (tertiary/aromatic N) is 4. The van der Waals surface area contributed by atoms with Gasteiger partial charge in [0.1, 0.15) is 4.91 Å². The summed E-state index contributed by atoms with van der Waals surface area (Å²) in [5, 5.41) is 17.1. The highest BCUT2D eigenvalue weighted by molar-refractivity contribution is 8.28. The number of anilines is 1. The number of hydrogen-bond acceptors (Lipinski definition) is 11. The van der Waals surface area contributed by atoms with E-state index < -0.39 is 21.2 Å². The molecule has 30 heavy (non-hydrogen) atoms. The molecule has 0 saturated heterocycles. The smallest absolute Gasteiger partial charge is 0.365 e. The van der Waals surface area contributed by atoms with Crippen LogP contribution in [-0.4, -0.2) is 51.4 Å². The Morgan fingerprint density at radius 3 is 2.30 bits per heavy atom. The van der Waals surface area contributed by atoms with Gasteiger partial charge in [-0.05, 0) is 44.7 Å². The summed E-state index contributed by atoms with van der Waals surface area (Å²) in [5.74, 6) is -1.04. The van der Waals surface area contributed by atoms with Crippen LogP contribution in [0.25, 0.3) is 0 Å². The summed E-state index contributed by atoms with van der Waals surface area (Å²) in [6.07, 6.45) is 0. The molecule has 2 heterocycles. The molecule has 0 unspecified atom stereocenters. The van der Waals surface area contributed by atoms with E-state index in [1.165, 1.54) is 23.9 Å². The van der Waals surface area contributed by atoms with Crippen molar-refractivity contribution in [2.24, 2.45) is 5.10 Å². The molecule has 0 bridgehead atoms. The molecule has 1 atom stereocenters. The van der Waals surface area contributed by atoms with Crippen molar-refractivity contribution in [1.82, 2.24) is 4.90 Å². The number of nitro groups is 1. The normalized spacial score (nSPS) is 20.6. The number of thioether (sulfide) groups is 2. The summed E-state index contributed by atoms with van der Waals surface area (Å²) < 4.78 is 9.24. The van der Waals surface area contributed by atoms with E-state index in [4.69, 9.17) is 9.47 Å². The van der Waals surface area contributed by atoms with Crippen molar-refractivity contribution < 1.29 is 24.0 Å². The zero-order valence-electron chi connectivity index (χ0n) is 16.8. The highest BCUT2D eigenvalue weighted by Crippen LogP contribution is 2.58. The number of ether oxygens (including phenoxy) is 2. The molecule has 1 spiro atoms. The molecule has 160 valence electrons. The van der Waals surface area contributed by atoms with Crippen molar-refractivity contribution in [2.75, 3.05) is 25.3 Å². The Labute approximate surface area is 181 Å². The Bertz CT molecular complexity index is 948. The maximum atomic E-state index is 12.5. The standard InChI is InChI=1S/C18H20N4O6S2/c1-5-27-16(23)14-11(3)20(4)18(29-14)21(19-15(30-18)17(24)28-6-2)12-7-9-13(10-8-12)22(25)26/h7-10H,5-6H2,1-4H3/t18-/m0/s1. The molecule has 1 aromatic rings. The highest BCUT2D eigenvalue weighted by atomic mass is 32.2. The van der Waals surface area contributed by atoms with Gasteiger partial charge in [0.15, 0.2) is 0 Å². The lowest BCUT2D eigenvalue weighted by Gasteiger charge is -2.39.